The van der Waals surface area contributed by atoms with Gasteiger partial charge in [-0.25, -0.2) is 0 Å². The largest absolute Gasteiger partial charge is 0.488 e. The molecule has 1 aliphatic heterocycles. The van der Waals surface area contributed by atoms with E-state index in [-0.39, 0.29) is 12.5 Å². The SMILES string of the molecule is O=C(O)CCCNCC1Cc2cc(Br)ccc2O1. The summed E-state index contributed by atoms with van der Waals surface area (Å²) in [5.74, 6) is 0.210. The minimum atomic E-state index is -0.744. The van der Waals surface area contributed by atoms with Crippen LogP contribution >= 0.6 is 15.9 Å². The maximum atomic E-state index is 10.3. The van der Waals surface area contributed by atoms with Crippen LogP contribution in [0.25, 0.3) is 0 Å². The van der Waals surface area contributed by atoms with Gasteiger partial charge in [-0.2, -0.15) is 0 Å². The van der Waals surface area contributed by atoms with E-state index in [4.69, 9.17) is 9.84 Å². The molecule has 1 aliphatic rings. The molecule has 0 saturated heterocycles. The number of ether oxygens (including phenoxy) is 1. The van der Waals surface area contributed by atoms with Crippen LogP contribution in [0.4, 0.5) is 0 Å². The summed E-state index contributed by atoms with van der Waals surface area (Å²) in [4.78, 5) is 10.3. The summed E-state index contributed by atoms with van der Waals surface area (Å²) in [5.41, 5.74) is 1.22. The molecule has 98 valence electrons. The van der Waals surface area contributed by atoms with Crippen LogP contribution in [0.2, 0.25) is 0 Å². The Kier molecular flexibility index (Phi) is 4.60. The molecule has 1 aromatic rings. The third kappa shape index (κ3) is 3.71. The molecule has 0 radical (unpaired) electrons. The molecule has 0 fully saturated rings. The summed E-state index contributed by atoms with van der Waals surface area (Å²) in [6, 6.07) is 6.03. The summed E-state index contributed by atoms with van der Waals surface area (Å²) >= 11 is 3.44. The summed E-state index contributed by atoms with van der Waals surface area (Å²) < 4.78 is 6.86. The van der Waals surface area contributed by atoms with Gasteiger partial charge in [-0.05, 0) is 36.7 Å². The van der Waals surface area contributed by atoms with Gasteiger partial charge in [-0.15, -0.1) is 0 Å². The Morgan fingerprint density at radius 3 is 3.17 bits per heavy atom. The zero-order valence-electron chi connectivity index (χ0n) is 9.99. The summed E-state index contributed by atoms with van der Waals surface area (Å²) in [6.45, 7) is 1.47. The first kappa shape index (κ1) is 13.4. The molecule has 0 aromatic heterocycles. The predicted octanol–water partition coefficient (Wildman–Crippen LogP) is 2.21. The minimum Gasteiger partial charge on any atom is -0.488 e. The molecule has 5 heteroatoms. The number of rotatable bonds is 6. The Balaban J connectivity index is 1.70. The molecule has 0 aliphatic carbocycles. The summed E-state index contributed by atoms with van der Waals surface area (Å²) in [7, 11) is 0. The van der Waals surface area contributed by atoms with Crippen molar-refractivity contribution >= 4 is 21.9 Å². The fraction of sp³-hybridized carbons (Fsp3) is 0.462. The lowest BCUT2D eigenvalue weighted by Crippen LogP contribution is -2.30. The first-order chi connectivity index (χ1) is 8.65. The number of hydrogen-bond acceptors (Lipinski definition) is 3. The standard InChI is InChI=1S/C13H16BrNO3/c14-10-3-4-12-9(6-10)7-11(18-12)8-15-5-1-2-13(16)17/h3-4,6,11,15H,1-2,5,7-8H2,(H,16,17). The van der Waals surface area contributed by atoms with Crippen LogP contribution in [0.15, 0.2) is 22.7 Å². The third-order valence-electron chi connectivity index (χ3n) is 2.88. The highest BCUT2D eigenvalue weighted by Gasteiger charge is 2.22. The second-order valence-electron chi connectivity index (χ2n) is 4.40. The molecule has 2 rings (SSSR count). The van der Waals surface area contributed by atoms with Gasteiger partial charge in [0.2, 0.25) is 0 Å². The highest BCUT2D eigenvalue weighted by atomic mass is 79.9. The highest BCUT2D eigenvalue weighted by Crippen LogP contribution is 2.30. The zero-order chi connectivity index (χ0) is 13.0. The number of halogens is 1. The van der Waals surface area contributed by atoms with Gasteiger partial charge in [-0.1, -0.05) is 15.9 Å². The summed E-state index contributed by atoms with van der Waals surface area (Å²) in [5, 5.41) is 11.7. The lowest BCUT2D eigenvalue weighted by molar-refractivity contribution is -0.137. The van der Waals surface area contributed by atoms with E-state index in [2.05, 4.69) is 27.3 Å². The molecule has 0 saturated carbocycles. The molecule has 0 amide bonds. The Hall–Kier alpha value is -1.07. The molecular formula is C13H16BrNO3. The van der Waals surface area contributed by atoms with E-state index in [9.17, 15) is 4.79 Å². The van der Waals surface area contributed by atoms with Crippen LogP contribution in [0.5, 0.6) is 5.75 Å². The van der Waals surface area contributed by atoms with Gasteiger partial charge in [0.1, 0.15) is 11.9 Å². The van der Waals surface area contributed by atoms with E-state index in [1.807, 2.05) is 12.1 Å². The maximum Gasteiger partial charge on any atom is 0.303 e. The van der Waals surface area contributed by atoms with Crippen molar-refractivity contribution in [1.82, 2.24) is 5.32 Å². The first-order valence-corrected chi connectivity index (χ1v) is 6.82. The van der Waals surface area contributed by atoms with Crippen molar-refractivity contribution in [2.24, 2.45) is 0 Å². The molecular weight excluding hydrogens is 298 g/mol. The highest BCUT2D eigenvalue weighted by molar-refractivity contribution is 9.10. The molecule has 1 aromatic carbocycles. The fourth-order valence-electron chi connectivity index (χ4n) is 2.03. The van der Waals surface area contributed by atoms with E-state index in [1.54, 1.807) is 0 Å². The molecule has 0 spiro atoms. The minimum absolute atomic E-state index is 0.152. The molecule has 4 nitrogen and oxygen atoms in total. The van der Waals surface area contributed by atoms with Crippen molar-refractivity contribution in [3.63, 3.8) is 0 Å². The second kappa shape index (κ2) is 6.20. The Bertz CT molecular complexity index is 436. The molecule has 2 N–H and O–H groups in total. The zero-order valence-corrected chi connectivity index (χ0v) is 11.6. The maximum absolute atomic E-state index is 10.3. The third-order valence-corrected chi connectivity index (χ3v) is 3.37. The van der Waals surface area contributed by atoms with Gasteiger partial charge in [0.15, 0.2) is 0 Å². The van der Waals surface area contributed by atoms with Gasteiger partial charge < -0.3 is 15.2 Å². The average molecular weight is 314 g/mol. The number of hydrogen-bond donors (Lipinski definition) is 2. The number of nitrogens with one attached hydrogen (secondary N) is 1. The summed E-state index contributed by atoms with van der Waals surface area (Å²) in [6.07, 6.45) is 1.92. The van der Waals surface area contributed by atoms with Crippen LogP contribution in [0, 0.1) is 0 Å². The first-order valence-electron chi connectivity index (χ1n) is 6.03. The van der Waals surface area contributed by atoms with Crippen LogP contribution in [-0.2, 0) is 11.2 Å². The van der Waals surface area contributed by atoms with Crippen LogP contribution in [-0.4, -0.2) is 30.3 Å². The molecule has 1 unspecified atom stereocenters. The number of fused-ring (bicyclic) bond motifs is 1. The number of carbonyl (C=O) groups is 1. The average Bonchev–Trinajstić information content (AvgIpc) is 2.70. The fourth-order valence-corrected chi connectivity index (χ4v) is 2.44. The van der Waals surface area contributed by atoms with E-state index < -0.39 is 5.97 Å². The van der Waals surface area contributed by atoms with E-state index in [0.717, 1.165) is 23.2 Å². The quantitative estimate of drug-likeness (QED) is 0.791. The van der Waals surface area contributed by atoms with Crippen LogP contribution in [0.1, 0.15) is 18.4 Å². The van der Waals surface area contributed by atoms with E-state index >= 15 is 0 Å². The Morgan fingerprint density at radius 1 is 1.56 bits per heavy atom. The smallest absolute Gasteiger partial charge is 0.303 e. The predicted molar refractivity (Wildman–Crippen MR) is 72.0 cm³/mol. The van der Waals surface area contributed by atoms with Crippen molar-refractivity contribution in [1.29, 1.82) is 0 Å². The van der Waals surface area contributed by atoms with Gasteiger partial charge in [0.05, 0.1) is 0 Å². The molecule has 1 heterocycles. The van der Waals surface area contributed by atoms with Crippen molar-refractivity contribution in [3.05, 3.63) is 28.2 Å². The van der Waals surface area contributed by atoms with Crippen molar-refractivity contribution < 1.29 is 14.6 Å². The Morgan fingerprint density at radius 2 is 2.39 bits per heavy atom. The number of benzene rings is 1. The molecule has 0 bridgehead atoms. The second-order valence-corrected chi connectivity index (χ2v) is 5.31. The monoisotopic (exact) mass is 313 g/mol. The van der Waals surface area contributed by atoms with Gasteiger partial charge >= 0.3 is 5.97 Å². The van der Waals surface area contributed by atoms with E-state index in [1.165, 1.54) is 5.56 Å². The number of carboxylic acids is 1. The van der Waals surface area contributed by atoms with Crippen molar-refractivity contribution in [3.8, 4) is 5.75 Å². The topological polar surface area (TPSA) is 58.6 Å². The van der Waals surface area contributed by atoms with Crippen LogP contribution < -0.4 is 10.1 Å². The molecule has 18 heavy (non-hydrogen) atoms. The number of carboxylic acid groups (broad SMARTS) is 1. The molecule has 1 atom stereocenters. The van der Waals surface area contributed by atoms with Crippen molar-refractivity contribution in [2.75, 3.05) is 13.1 Å². The lowest BCUT2D eigenvalue weighted by Gasteiger charge is -2.11. The van der Waals surface area contributed by atoms with Gasteiger partial charge in [-0.3, -0.25) is 4.79 Å². The van der Waals surface area contributed by atoms with Crippen molar-refractivity contribution in [2.45, 2.75) is 25.4 Å². The van der Waals surface area contributed by atoms with Crippen LogP contribution in [0.3, 0.4) is 0 Å². The van der Waals surface area contributed by atoms with Gasteiger partial charge in [0, 0.05) is 23.9 Å². The lowest BCUT2D eigenvalue weighted by atomic mass is 10.1. The Labute approximate surface area is 114 Å². The number of aliphatic carboxylic acids is 1. The van der Waals surface area contributed by atoms with E-state index in [0.29, 0.717) is 13.0 Å². The normalized spacial score (nSPS) is 17.3. The van der Waals surface area contributed by atoms with Gasteiger partial charge in [0.25, 0.3) is 0 Å².